The second-order valence-electron chi connectivity index (χ2n) is 4.26. The molecule has 0 saturated carbocycles. The van der Waals surface area contributed by atoms with E-state index in [2.05, 4.69) is 21.2 Å². The smallest absolute Gasteiger partial charge is 0.257 e. The third kappa shape index (κ3) is 3.72. The van der Waals surface area contributed by atoms with Crippen molar-refractivity contribution in [2.45, 2.75) is 6.92 Å². The third-order valence-electron chi connectivity index (χ3n) is 2.75. The van der Waals surface area contributed by atoms with E-state index in [-0.39, 0.29) is 5.75 Å². The van der Waals surface area contributed by atoms with Crippen molar-refractivity contribution in [3.63, 3.8) is 0 Å². The van der Waals surface area contributed by atoms with E-state index in [0.29, 0.717) is 23.5 Å². The molecular weight excluding hydrogens is 339 g/mol. The number of nitrogens with one attached hydrogen (secondary N) is 1. The summed E-state index contributed by atoms with van der Waals surface area (Å²) in [7, 11) is 0. The van der Waals surface area contributed by atoms with Gasteiger partial charge >= 0.3 is 0 Å². The largest absolute Gasteiger partial charge is 0.491 e. The Hall–Kier alpha value is -2.08. The quantitative estimate of drug-likeness (QED) is 0.822. The fourth-order valence-corrected chi connectivity index (χ4v) is 2.17. The maximum atomic E-state index is 13.7. The van der Waals surface area contributed by atoms with E-state index in [9.17, 15) is 9.18 Å². The minimum Gasteiger partial charge on any atom is -0.491 e. The first kappa shape index (κ1) is 15.3. The summed E-state index contributed by atoms with van der Waals surface area (Å²) in [6.07, 6.45) is 0. The molecule has 3 N–H and O–H groups in total. The van der Waals surface area contributed by atoms with Gasteiger partial charge in [0.25, 0.3) is 5.91 Å². The van der Waals surface area contributed by atoms with E-state index in [1.807, 2.05) is 0 Å². The molecule has 110 valence electrons. The highest BCUT2D eigenvalue weighted by atomic mass is 79.9. The van der Waals surface area contributed by atoms with Gasteiger partial charge in [0.1, 0.15) is 0 Å². The zero-order valence-electron chi connectivity index (χ0n) is 11.3. The van der Waals surface area contributed by atoms with Crippen molar-refractivity contribution in [3.8, 4) is 5.75 Å². The second kappa shape index (κ2) is 6.58. The van der Waals surface area contributed by atoms with Crippen LogP contribution in [0.15, 0.2) is 40.9 Å². The molecule has 0 unspecified atom stereocenters. The molecule has 0 heterocycles. The van der Waals surface area contributed by atoms with Crippen LogP contribution in [0.4, 0.5) is 15.8 Å². The Balaban J connectivity index is 2.17. The lowest BCUT2D eigenvalue weighted by molar-refractivity contribution is 0.102. The van der Waals surface area contributed by atoms with Gasteiger partial charge in [-0.25, -0.2) is 4.39 Å². The van der Waals surface area contributed by atoms with E-state index < -0.39 is 11.7 Å². The van der Waals surface area contributed by atoms with Gasteiger partial charge in [-0.1, -0.05) is 15.9 Å². The van der Waals surface area contributed by atoms with Gasteiger partial charge in [-0.3, -0.25) is 4.79 Å². The number of nitrogen functional groups attached to an aromatic ring is 1. The highest BCUT2D eigenvalue weighted by Crippen LogP contribution is 2.23. The first-order chi connectivity index (χ1) is 10.0. The van der Waals surface area contributed by atoms with Gasteiger partial charge in [0.2, 0.25) is 0 Å². The summed E-state index contributed by atoms with van der Waals surface area (Å²) in [6.45, 7) is 2.14. The number of hydrogen-bond acceptors (Lipinski definition) is 3. The lowest BCUT2D eigenvalue weighted by Crippen LogP contribution is -2.14. The summed E-state index contributed by atoms with van der Waals surface area (Å²) in [6, 6.07) is 9.19. The molecule has 0 aliphatic rings. The number of amides is 1. The molecule has 2 aromatic rings. The fraction of sp³-hybridized carbons (Fsp3) is 0.133. The van der Waals surface area contributed by atoms with Crippen LogP contribution < -0.4 is 15.8 Å². The minimum atomic E-state index is -0.529. The number of ether oxygens (including phenoxy) is 1. The first-order valence-electron chi connectivity index (χ1n) is 6.30. The first-order valence-corrected chi connectivity index (χ1v) is 7.09. The van der Waals surface area contributed by atoms with Gasteiger partial charge in [-0.05, 0) is 37.3 Å². The van der Waals surface area contributed by atoms with E-state index in [1.54, 1.807) is 31.2 Å². The van der Waals surface area contributed by atoms with E-state index >= 15 is 0 Å². The van der Waals surface area contributed by atoms with Crippen LogP contribution in [-0.2, 0) is 0 Å². The Bertz CT molecular complexity index is 677. The number of rotatable bonds is 4. The lowest BCUT2D eigenvalue weighted by atomic mass is 10.1. The Morgan fingerprint density at radius 2 is 2.10 bits per heavy atom. The number of carbonyl (C=O) groups is 1. The van der Waals surface area contributed by atoms with Crippen LogP contribution in [0.3, 0.4) is 0 Å². The zero-order valence-corrected chi connectivity index (χ0v) is 12.9. The molecule has 4 nitrogen and oxygen atoms in total. The normalized spacial score (nSPS) is 10.2. The van der Waals surface area contributed by atoms with Crippen LogP contribution in [0, 0.1) is 5.82 Å². The monoisotopic (exact) mass is 352 g/mol. The molecule has 21 heavy (non-hydrogen) atoms. The number of benzene rings is 2. The van der Waals surface area contributed by atoms with Gasteiger partial charge < -0.3 is 15.8 Å². The van der Waals surface area contributed by atoms with Crippen molar-refractivity contribution in [3.05, 3.63) is 52.3 Å². The molecule has 0 fully saturated rings. The molecule has 1 amide bonds. The zero-order chi connectivity index (χ0) is 15.4. The summed E-state index contributed by atoms with van der Waals surface area (Å²) in [5.41, 5.74) is 6.79. The number of halogens is 2. The Labute approximate surface area is 130 Å². The molecular formula is C15H14BrFN2O2. The van der Waals surface area contributed by atoms with Crippen molar-refractivity contribution >= 4 is 33.2 Å². The summed E-state index contributed by atoms with van der Waals surface area (Å²) in [5, 5.41) is 2.60. The topological polar surface area (TPSA) is 64.3 Å². The van der Waals surface area contributed by atoms with Crippen LogP contribution in [0.2, 0.25) is 0 Å². The van der Waals surface area contributed by atoms with Crippen molar-refractivity contribution < 1.29 is 13.9 Å². The average Bonchev–Trinajstić information content (AvgIpc) is 2.41. The summed E-state index contributed by atoms with van der Waals surface area (Å²) < 4.78 is 19.6. The molecule has 2 aromatic carbocycles. The number of carbonyl (C=O) groups excluding carboxylic acids is 1. The van der Waals surface area contributed by atoms with Gasteiger partial charge in [-0.15, -0.1) is 0 Å². The van der Waals surface area contributed by atoms with Gasteiger partial charge in [0.15, 0.2) is 11.6 Å². The predicted molar refractivity (Wildman–Crippen MR) is 84.1 cm³/mol. The summed E-state index contributed by atoms with van der Waals surface area (Å²) in [4.78, 5) is 12.1. The standard InChI is InChI=1S/C15H14BrFN2O2/c1-2-21-14-6-4-10(8-12(14)17)19-15(20)11-5-3-9(16)7-13(11)18/h3-8H,2,18H2,1H3,(H,19,20). The molecule has 0 saturated heterocycles. The molecule has 0 bridgehead atoms. The number of nitrogens with two attached hydrogens (primary N) is 1. The van der Waals surface area contributed by atoms with Gasteiger partial charge in [0.05, 0.1) is 12.2 Å². The average molecular weight is 353 g/mol. The molecule has 2 rings (SSSR count). The van der Waals surface area contributed by atoms with Crippen molar-refractivity contribution in [2.24, 2.45) is 0 Å². The third-order valence-corrected chi connectivity index (χ3v) is 3.24. The Kier molecular flexibility index (Phi) is 4.80. The maximum absolute atomic E-state index is 13.7. The Morgan fingerprint density at radius 1 is 1.33 bits per heavy atom. The number of hydrogen-bond donors (Lipinski definition) is 2. The minimum absolute atomic E-state index is 0.152. The predicted octanol–water partition coefficient (Wildman–Crippen LogP) is 3.82. The highest BCUT2D eigenvalue weighted by Gasteiger charge is 2.12. The highest BCUT2D eigenvalue weighted by molar-refractivity contribution is 9.10. The SMILES string of the molecule is CCOc1ccc(NC(=O)c2ccc(Br)cc2N)cc1F. The van der Waals surface area contributed by atoms with Gasteiger partial charge in [0, 0.05) is 21.9 Å². The van der Waals surface area contributed by atoms with Crippen LogP contribution in [0.5, 0.6) is 5.75 Å². The molecule has 0 aliphatic carbocycles. The maximum Gasteiger partial charge on any atom is 0.257 e. The van der Waals surface area contributed by atoms with Crippen molar-refractivity contribution in [1.82, 2.24) is 0 Å². The van der Waals surface area contributed by atoms with E-state index in [1.165, 1.54) is 12.1 Å². The van der Waals surface area contributed by atoms with Crippen LogP contribution in [-0.4, -0.2) is 12.5 Å². The van der Waals surface area contributed by atoms with E-state index in [4.69, 9.17) is 10.5 Å². The second-order valence-corrected chi connectivity index (χ2v) is 5.18. The molecule has 0 aromatic heterocycles. The van der Waals surface area contributed by atoms with Crippen molar-refractivity contribution in [2.75, 3.05) is 17.7 Å². The molecule has 0 spiro atoms. The van der Waals surface area contributed by atoms with Crippen LogP contribution in [0.1, 0.15) is 17.3 Å². The molecule has 0 atom stereocenters. The molecule has 0 radical (unpaired) electrons. The fourth-order valence-electron chi connectivity index (χ4n) is 1.79. The lowest BCUT2D eigenvalue weighted by Gasteiger charge is -2.10. The Morgan fingerprint density at radius 3 is 2.71 bits per heavy atom. The summed E-state index contributed by atoms with van der Waals surface area (Å²) >= 11 is 3.27. The number of anilines is 2. The molecule has 6 heteroatoms. The van der Waals surface area contributed by atoms with Crippen LogP contribution in [0.25, 0.3) is 0 Å². The molecule has 0 aliphatic heterocycles. The summed E-state index contributed by atoms with van der Waals surface area (Å²) in [5.74, 6) is -0.777. The van der Waals surface area contributed by atoms with Crippen LogP contribution >= 0.6 is 15.9 Å². The van der Waals surface area contributed by atoms with Crippen molar-refractivity contribution in [1.29, 1.82) is 0 Å². The van der Waals surface area contributed by atoms with Gasteiger partial charge in [-0.2, -0.15) is 0 Å². The van der Waals surface area contributed by atoms with E-state index in [0.717, 1.165) is 4.47 Å².